The molecular weight excluding hydrogens is 392 g/mol. The number of hydrogen-bond donors (Lipinski definition) is 2. The van der Waals surface area contributed by atoms with E-state index in [0.717, 1.165) is 28.5 Å². The Labute approximate surface area is 170 Å². The first kappa shape index (κ1) is 21.0. The third kappa shape index (κ3) is 3.90. The predicted molar refractivity (Wildman–Crippen MR) is 109 cm³/mol. The van der Waals surface area contributed by atoms with Crippen LogP contribution in [0, 0.1) is 6.92 Å². The molecule has 0 unspecified atom stereocenters. The van der Waals surface area contributed by atoms with Crippen LogP contribution in [-0.2, 0) is 21.2 Å². The van der Waals surface area contributed by atoms with Crippen molar-refractivity contribution in [3.05, 3.63) is 59.2 Å². The summed E-state index contributed by atoms with van der Waals surface area (Å²) in [4.78, 5) is 26.2. The lowest BCUT2D eigenvalue weighted by Crippen LogP contribution is -2.50. The van der Waals surface area contributed by atoms with Crippen molar-refractivity contribution in [2.45, 2.75) is 31.6 Å². The van der Waals surface area contributed by atoms with Gasteiger partial charge in [0, 0.05) is 24.9 Å². The van der Waals surface area contributed by atoms with Crippen LogP contribution in [0.15, 0.2) is 42.5 Å². The smallest absolute Gasteiger partial charge is 0.264 e. The summed E-state index contributed by atoms with van der Waals surface area (Å²) in [6.45, 7) is 3.68. The van der Waals surface area contributed by atoms with Crippen LogP contribution >= 0.6 is 0 Å². The molecule has 2 N–H and O–H groups in total. The molecule has 8 heteroatoms. The molecule has 154 valence electrons. The topological polar surface area (TPSA) is 104 Å². The Morgan fingerprint density at radius 3 is 2.38 bits per heavy atom. The van der Waals surface area contributed by atoms with Gasteiger partial charge in [-0.2, -0.15) is 0 Å². The van der Waals surface area contributed by atoms with Crippen LogP contribution < -0.4 is 5.48 Å². The molecule has 0 aromatic heterocycles. The highest BCUT2D eigenvalue weighted by atomic mass is 32.2. The van der Waals surface area contributed by atoms with Gasteiger partial charge in [-0.05, 0) is 49.1 Å². The van der Waals surface area contributed by atoms with Gasteiger partial charge in [-0.15, -0.1) is 0 Å². The predicted octanol–water partition coefficient (Wildman–Crippen LogP) is 2.32. The van der Waals surface area contributed by atoms with Crippen LogP contribution in [-0.4, -0.2) is 47.9 Å². The number of amides is 2. The molecule has 2 aromatic carbocycles. The fourth-order valence-corrected chi connectivity index (χ4v) is 4.27. The molecule has 2 amide bonds. The molecule has 2 aromatic rings. The van der Waals surface area contributed by atoms with Crippen LogP contribution in [0.3, 0.4) is 0 Å². The highest BCUT2D eigenvalue weighted by molar-refractivity contribution is 7.92. The Hall–Kier alpha value is -2.71. The molecule has 1 aliphatic heterocycles. The van der Waals surface area contributed by atoms with E-state index in [2.05, 4.69) is 0 Å². The van der Waals surface area contributed by atoms with Crippen LogP contribution in [0.5, 0.6) is 0 Å². The summed E-state index contributed by atoms with van der Waals surface area (Å²) in [5, 5.41) is 8.93. The lowest BCUT2D eigenvalue weighted by Gasteiger charge is -2.27. The van der Waals surface area contributed by atoms with Gasteiger partial charge in [-0.25, -0.2) is 13.9 Å². The minimum absolute atomic E-state index is 0.0738. The van der Waals surface area contributed by atoms with Crippen LogP contribution in [0.1, 0.15) is 34.8 Å². The zero-order valence-electron chi connectivity index (χ0n) is 16.6. The second kappa shape index (κ2) is 7.61. The monoisotopic (exact) mass is 416 g/mol. The number of rotatable bonds is 6. The number of hydrogen-bond acceptors (Lipinski definition) is 5. The van der Waals surface area contributed by atoms with Crippen molar-refractivity contribution in [3.8, 4) is 11.1 Å². The number of carbonyl (C=O) groups is 2. The van der Waals surface area contributed by atoms with Gasteiger partial charge in [0.15, 0.2) is 14.6 Å². The number of hydroxylamine groups is 1. The summed E-state index contributed by atoms with van der Waals surface area (Å²) in [7, 11) is -3.81. The molecule has 1 atom stereocenters. The Bertz CT molecular complexity index is 1060. The molecule has 3 rings (SSSR count). The first-order valence-electron chi connectivity index (χ1n) is 9.20. The molecule has 0 saturated heterocycles. The third-order valence-corrected chi connectivity index (χ3v) is 7.65. The van der Waals surface area contributed by atoms with Gasteiger partial charge in [0.1, 0.15) is 0 Å². The minimum atomic E-state index is -3.81. The van der Waals surface area contributed by atoms with Crippen molar-refractivity contribution < 1.29 is 23.2 Å². The fourth-order valence-electron chi connectivity index (χ4n) is 3.42. The van der Waals surface area contributed by atoms with Crippen molar-refractivity contribution in [2.24, 2.45) is 0 Å². The second-order valence-corrected chi connectivity index (χ2v) is 10.1. The molecule has 0 bridgehead atoms. The van der Waals surface area contributed by atoms with E-state index >= 15 is 0 Å². The standard InChI is InChI=1S/C21H24N2O5S/c1-14-4-6-15(7-5-14)16-8-9-18-17(12-16)13-23(19(18)24)11-10-21(2,20(25)22-26)29(3,27)28/h4-9,12,26H,10-11,13H2,1-3H3,(H,22,25)/t21-/m1/s1. The Kier molecular flexibility index (Phi) is 5.51. The maximum Gasteiger partial charge on any atom is 0.264 e. The zero-order valence-corrected chi connectivity index (χ0v) is 17.4. The van der Waals surface area contributed by atoms with E-state index in [1.807, 2.05) is 43.3 Å². The number of carbonyl (C=O) groups excluding carboxylic acids is 2. The van der Waals surface area contributed by atoms with E-state index in [9.17, 15) is 18.0 Å². The molecule has 7 nitrogen and oxygen atoms in total. The van der Waals surface area contributed by atoms with Crippen molar-refractivity contribution in [2.75, 3.05) is 12.8 Å². The molecule has 29 heavy (non-hydrogen) atoms. The number of sulfone groups is 1. The normalized spacial score (nSPS) is 15.7. The lowest BCUT2D eigenvalue weighted by molar-refractivity contribution is -0.131. The van der Waals surface area contributed by atoms with E-state index in [4.69, 9.17) is 5.21 Å². The fraction of sp³-hybridized carbons (Fsp3) is 0.333. The van der Waals surface area contributed by atoms with Gasteiger partial charge >= 0.3 is 0 Å². The quantitative estimate of drug-likeness (QED) is 0.556. The van der Waals surface area contributed by atoms with Gasteiger partial charge in [-0.1, -0.05) is 35.9 Å². The average Bonchev–Trinajstić information content (AvgIpc) is 3.00. The summed E-state index contributed by atoms with van der Waals surface area (Å²) >= 11 is 0. The summed E-state index contributed by atoms with van der Waals surface area (Å²) in [5.41, 5.74) is 6.08. The summed E-state index contributed by atoms with van der Waals surface area (Å²) in [6, 6.07) is 13.7. The van der Waals surface area contributed by atoms with E-state index in [1.165, 1.54) is 17.3 Å². The lowest BCUT2D eigenvalue weighted by atomic mass is 10.00. The van der Waals surface area contributed by atoms with E-state index in [1.54, 1.807) is 6.07 Å². The van der Waals surface area contributed by atoms with E-state index in [0.29, 0.717) is 12.1 Å². The van der Waals surface area contributed by atoms with Crippen LogP contribution in [0.4, 0.5) is 0 Å². The molecule has 1 heterocycles. The van der Waals surface area contributed by atoms with Crippen molar-refractivity contribution in [1.82, 2.24) is 10.4 Å². The largest absolute Gasteiger partial charge is 0.334 e. The molecule has 0 spiro atoms. The van der Waals surface area contributed by atoms with E-state index < -0.39 is 20.5 Å². The Morgan fingerprint density at radius 1 is 1.17 bits per heavy atom. The Balaban J connectivity index is 1.80. The molecular formula is C21H24N2O5S. The maximum absolute atomic E-state index is 12.7. The van der Waals surface area contributed by atoms with Crippen molar-refractivity contribution >= 4 is 21.7 Å². The molecule has 0 radical (unpaired) electrons. The summed E-state index contributed by atoms with van der Waals surface area (Å²) < 4.78 is 22.4. The number of aryl methyl sites for hydroxylation is 1. The van der Waals surface area contributed by atoms with Crippen LogP contribution in [0.25, 0.3) is 11.1 Å². The highest BCUT2D eigenvalue weighted by Crippen LogP contribution is 2.30. The molecule has 0 saturated carbocycles. The van der Waals surface area contributed by atoms with Gasteiger partial charge in [0.2, 0.25) is 0 Å². The minimum Gasteiger partial charge on any atom is -0.334 e. The number of nitrogens with zero attached hydrogens (tertiary/aromatic N) is 1. The third-order valence-electron chi connectivity index (χ3n) is 5.63. The molecule has 0 aliphatic carbocycles. The maximum atomic E-state index is 12.7. The van der Waals surface area contributed by atoms with Gasteiger partial charge in [0.05, 0.1) is 0 Å². The van der Waals surface area contributed by atoms with Gasteiger partial charge < -0.3 is 4.90 Å². The Morgan fingerprint density at radius 2 is 1.79 bits per heavy atom. The summed E-state index contributed by atoms with van der Waals surface area (Å²) in [5.74, 6) is -1.21. The zero-order chi connectivity index (χ0) is 21.4. The van der Waals surface area contributed by atoms with Gasteiger partial charge in [-0.3, -0.25) is 14.8 Å². The molecule has 1 aliphatic rings. The number of fused-ring (bicyclic) bond motifs is 1. The van der Waals surface area contributed by atoms with Crippen molar-refractivity contribution in [3.63, 3.8) is 0 Å². The summed E-state index contributed by atoms with van der Waals surface area (Å²) in [6.07, 6.45) is 0.819. The first-order valence-corrected chi connectivity index (χ1v) is 11.1. The van der Waals surface area contributed by atoms with Crippen molar-refractivity contribution in [1.29, 1.82) is 0 Å². The van der Waals surface area contributed by atoms with E-state index in [-0.39, 0.29) is 18.9 Å². The number of benzene rings is 2. The van der Waals surface area contributed by atoms with Crippen LogP contribution in [0.2, 0.25) is 0 Å². The van der Waals surface area contributed by atoms with Gasteiger partial charge in [0.25, 0.3) is 11.8 Å². The number of nitrogens with one attached hydrogen (secondary N) is 1. The average molecular weight is 416 g/mol. The first-order chi connectivity index (χ1) is 13.6. The highest BCUT2D eigenvalue weighted by Gasteiger charge is 2.44. The molecule has 0 fully saturated rings. The second-order valence-electron chi connectivity index (χ2n) is 7.66. The SMILES string of the molecule is Cc1ccc(-c2ccc3c(c2)CN(CC[C@](C)(C(=O)NO)S(C)(=O)=O)C3=O)cc1.